The van der Waals surface area contributed by atoms with E-state index in [4.69, 9.17) is 21.3 Å². The number of fused-ring (bicyclic) bond motifs is 1. The van der Waals surface area contributed by atoms with Crippen molar-refractivity contribution in [3.8, 4) is 5.75 Å². The van der Waals surface area contributed by atoms with Gasteiger partial charge in [0.15, 0.2) is 0 Å². The molecule has 0 atom stereocenters. The van der Waals surface area contributed by atoms with Crippen molar-refractivity contribution in [2.75, 3.05) is 0 Å². The van der Waals surface area contributed by atoms with Gasteiger partial charge in [-0.1, -0.05) is 46.8 Å². The fourth-order valence-electron chi connectivity index (χ4n) is 4.06. The van der Waals surface area contributed by atoms with Gasteiger partial charge in [0, 0.05) is 21.0 Å². The first-order valence-electron chi connectivity index (χ1n) is 10.8. The Kier molecular flexibility index (Phi) is 7.37. The lowest BCUT2D eigenvalue weighted by molar-refractivity contribution is 0.240. The predicted octanol–water partition coefficient (Wildman–Crippen LogP) is 7.29. The van der Waals surface area contributed by atoms with Crippen LogP contribution in [-0.4, -0.2) is 22.0 Å². The highest BCUT2D eigenvalue weighted by Gasteiger charge is 2.22. The van der Waals surface area contributed by atoms with E-state index in [1.807, 2.05) is 26.0 Å². The van der Waals surface area contributed by atoms with Gasteiger partial charge in [-0.2, -0.15) is 9.78 Å². The topological polar surface area (TPSA) is 56.5 Å². The molecule has 2 aromatic carbocycles. The number of benzene rings is 2. The maximum absolute atomic E-state index is 13.5. The molecule has 1 aromatic heterocycles. The second-order valence-corrected chi connectivity index (χ2v) is 10.5. The minimum absolute atomic E-state index is 0.0279. The van der Waals surface area contributed by atoms with Crippen LogP contribution in [0.1, 0.15) is 63.3 Å². The molecule has 1 saturated carbocycles. The van der Waals surface area contributed by atoms with Crippen LogP contribution in [0, 0.1) is 0 Å². The zero-order valence-corrected chi connectivity index (χ0v) is 21.9. The van der Waals surface area contributed by atoms with E-state index in [0.717, 1.165) is 34.6 Å². The molecule has 1 fully saturated rings. The van der Waals surface area contributed by atoms with Gasteiger partial charge in [0.05, 0.1) is 27.7 Å². The van der Waals surface area contributed by atoms with Crippen molar-refractivity contribution in [1.29, 1.82) is 0 Å². The van der Waals surface area contributed by atoms with Gasteiger partial charge >= 0.3 is 0 Å². The van der Waals surface area contributed by atoms with Crippen molar-refractivity contribution in [3.05, 3.63) is 66.0 Å². The highest BCUT2D eigenvalue weighted by molar-refractivity contribution is 9.10. The lowest BCUT2D eigenvalue weighted by atomic mass is 9.88. The summed E-state index contributed by atoms with van der Waals surface area (Å²) in [7, 11) is 0. The number of nitrogens with zero attached hydrogens (tertiary/aromatic N) is 3. The Bertz CT molecular complexity index is 1230. The van der Waals surface area contributed by atoms with Crippen LogP contribution in [0.15, 0.2) is 49.2 Å². The maximum Gasteiger partial charge on any atom is 0.282 e. The summed E-state index contributed by atoms with van der Waals surface area (Å²) in [5.41, 5.74) is 1.20. The van der Waals surface area contributed by atoms with Gasteiger partial charge in [-0.05, 0) is 73.0 Å². The molecule has 0 unspecified atom stereocenters. The molecule has 32 heavy (non-hydrogen) atoms. The van der Waals surface area contributed by atoms with Crippen LogP contribution >= 0.6 is 43.5 Å². The predicted molar refractivity (Wildman–Crippen MR) is 137 cm³/mol. The van der Waals surface area contributed by atoms with Gasteiger partial charge in [-0.15, -0.1) is 0 Å². The second-order valence-electron chi connectivity index (χ2n) is 8.30. The number of hydrogen-bond donors (Lipinski definition) is 0. The van der Waals surface area contributed by atoms with Gasteiger partial charge in [0.1, 0.15) is 11.6 Å². The summed E-state index contributed by atoms with van der Waals surface area (Å²) in [5, 5.41) is 5.70. The third kappa shape index (κ3) is 5.10. The molecule has 1 aliphatic rings. The Morgan fingerprint density at radius 3 is 2.66 bits per heavy atom. The van der Waals surface area contributed by atoms with E-state index in [0.29, 0.717) is 33.1 Å². The zero-order valence-electron chi connectivity index (χ0n) is 17.9. The van der Waals surface area contributed by atoms with Gasteiger partial charge in [0.25, 0.3) is 5.56 Å². The molecular weight excluding hydrogens is 558 g/mol. The lowest BCUT2D eigenvalue weighted by Gasteiger charge is -2.23. The molecule has 1 aliphatic carbocycles. The average Bonchev–Trinajstić information content (AvgIpc) is 2.76. The van der Waals surface area contributed by atoms with Gasteiger partial charge in [-0.25, -0.2) is 4.98 Å². The van der Waals surface area contributed by atoms with Crippen molar-refractivity contribution in [2.24, 2.45) is 5.10 Å². The minimum atomic E-state index is -0.180. The van der Waals surface area contributed by atoms with E-state index < -0.39 is 0 Å². The van der Waals surface area contributed by atoms with Crippen molar-refractivity contribution in [3.63, 3.8) is 0 Å². The Balaban J connectivity index is 1.87. The normalized spacial score (nSPS) is 15.2. The first-order valence-corrected chi connectivity index (χ1v) is 12.7. The summed E-state index contributed by atoms with van der Waals surface area (Å²) in [5.74, 6) is 1.56. The summed E-state index contributed by atoms with van der Waals surface area (Å²) in [6.45, 7) is 3.91. The summed E-state index contributed by atoms with van der Waals surface area (Å²) in [4.78, 5) is 18.4. The number of hydrogen-bond acceptors (Lipinski definition) is 4. The smallest absolute Gasteiger partial charge is 0.282 e. The van der Waals surface area contributed by atoms with Crippen LogP contribution in [0.2, 0.25) is 5.02 Å². The molecule has 0 N–H and O–H groups in total. The lowest BCUT2D eigenvalue weighted by Crippen LogP contribution is -2.25. The van der Waals surface area contributed by atoms with E-state index in [1.165, 1.54) is 11.1 Å². The van der Waals surface area contributed by atoms with Crippen LogP contribution in [-0.2, 0) is 0 Å². The fourth-order valence-corrected chi connectivity index (χ4v) is 5.35. The van der Waals surface area contributed by atoms with Gasteiger partial charge in [-0.3, -0.25) is 4.79 Å². The molecule has 0 amide bonds. The zero-order chi connectivity index (χ0) is 22.8. The van der Waals surface area contributed by atoms with Crippen LogP contribution in [0.4, 0.5) is 0 Å². The summed E-state index contributed by atoms with van der Waals surface area (Å²) < 4.78 is 9.00. The van der Waals surface area contributed by atoms with Crippen LogP contribution in [0.5, 0.6) is 5.75 Å². The van der Waals surface area contributed by atoms with E-state index in [9.17, 15) is 4.79 Å². The third-order valence-corrected chi connectivity index (χ3v) is 6.81. The molecule has 168 valence electrons. The molecule has 1 heterocycles. The first-order chi connectivity index (χ1) is 15.3. The summed E-state index contributed by atoms with van der Waals surface area (Å²) >= 11 is 13.3. The number of ether oxygens (including phenoxy) is 1. The standard InChI is InChI=1S/C24H24Br2ClN3O2/c1-14(2)32-22-16(10-18(27)12-20(22)26)13-28-30-23(15-6-4-3-5-7-15)29-21-9-8-17(25)11-19(21)24(30)31/h8-15H,3-7H2,1-2H3. The largest absolute Gasteiger partial charge is 0.489 e. The minimum Gasteiger partial charge on any atom is -0.489 e. The molecule has 0 aliphatic heterocycles. The quantitative estimate of drug-likeness (QED) is 0.297. The maximum atomic E-state index is 13.5. The van der Waals surface area contributed by atoms with Crippen LogP contribution in [0.3, 0.4) is 0 Å². The van der Waals surface area contributed by atoms with Gasteiger partial charge < -0.3 is 4.74 Å². The Labute approximate surface area is 209 Å². The van der Waals surface area contributed by atoms with E-state index in [1.54, 1.807) is 24.4 Å². The van der Waals surface area contributed by atoms with Crippen LogP contribution in [0.25, 0.3) is 10.9 Å². The van der Waals surface area contributed by atoms with Crippen LogP contribution < -0.4 is 10.3 Å². The first kappa shape index (κ1) is 23.5. The highest BCUT2D eigenvalue weighted by atomic mass is 79.9. The molecule has 8 heteroatoms. The van der Waals surface area contributed by atoms with E-state index in [2.05, 4.69) is 37.0 Å². The molecule has 5 nitrogen and oxygen atoms in total. The van der Waals surface area contributed by atoms with Crippen molar-refractivity contribution in [2.45, 2.75) is 58.0 Å². The molecule has 4 rings (SSSR count). The second kappa shape index (κ2) is 10.1. The van der Waals surface area contributed by atoms with E-state index >= 15 is 0 Å². The average molecular weight is 582 g/mol. The fraction of sp³-hybridized carbons (Fsp3) is 0.375. The third-order valence-electron chi connectivity index (χ3n) is 5.51. The Morgan fingerprint density at radius 2 is 1.94 bits per heavy atom. The summed E-state index contributed by atoms with van der Waals surface area (Å²) in [6.07, 6.45) is 7.11. The van der Waals surface area contributed by atoms with Crippen molar-refractivity contribution >= 4 is 60.6 Å². The molecule has 0 bridgehead atoms. The van der Waals surface area contributed by atoms with Crippen molar-refractivity contribution in [1.82, 2.24) is 9.66 Å². The molecule has 0 spiro atoms. The van der Waals surface area contributed by atoms with E-state index in [-0.39, 0.29) is 17.6 Å². The monoisotopic (exact) mass is 579 g/mol. The summed E-state index contributed by atoms with van der Waals surface area (Å²) in [6, 6.07) is 9.15. The SMILES string of the molecule is CC(C)Oc1c(Br)cc(Cl)cc1C=Nn1c(C2CCCCC2)nc2ccc(Br)cc2c1=O. The molecule has 3 aromatic rings. The molecular formula is C24H24Br2ClN3O2. The molecule has 0 saturated heterocycles. The number of aromatic nitrogens is 2. The Morgan fingerprint density at radius 1 is 1.19 bits per heavy atom. The molecule has 0 radical (unpaired) electrons. The Hall–Kier alpha value is -1.70. The highest BCUT2D eigenvalue weighted by Crippen LogP contribution is 2.34. The number of halogens is 3. The number of rotatable bonds is 5. The van der Waals surface area contributed by atoms with Gasteiger partial charge in [0.2, 0.25) is 0 Å². The van der Waals surface area contributed by atoms with Crippen molar-refractivity contribution < 1.29 is 4.74 Å².